The van der Waals surface area contributed by atoms with Crippen LogP contribution in [0, 0.1) is 6.92 Å². The van der Waals surface area contributed by atoms with E-state index in [0.29, 0.717) is 24.9 Å². The quantitative estimate of drug-likeness (QED) is 0.395. The van der Waals surface area contributed by atoms with Gasteiger partial charge in [-0.25, -0.2) is 4.99 Å². The Morgan fingerprint density at radius 3 is 2.75 bits per heavy atom. The second-order valence-corrected chi connectivity index (χ2v) is 4.80. The van der Waals surface area contributed by atoms with Gasteiger partial charge in [-0.2, -0.15) is 0 Å². The van der Waals surface area contributed by atoms with Crippen LogP contribution in [0.3, 0.4) is 0 Å². The first-order chi connectivity index (χ1) is 9.49. The zero-order valence-corrected chi connectivity index (χ0v) is 12.7. The van der Waals surface area contributed by atoms with Gasteiger partial charge in [-0.05, 0) is 32.9 Å². The Hall–Kier alpha value is -1.53. The summed E-state index contributed by atoms with van der Waals surface area (Å²) in [4.78, 5) is 4.37. The molecule has 0 saturated carbocycles. The molecule has 1 atom stereocenters. The molecule has 0 spiro atoms. The second-order valence-electron chi connectivity index (χ2n) is 4.80. The van der Waals surface area contributed by atoms with Crippen LogP contribution in [0.4, 0.5) is 0 Å². The molecule has 3 N–H and O–H groups in total. The van der Waals surface area contributed by atoms with Crippen LogP contribution in [0.1, 0.15) is 25.4 Å². The average Bonchev–Trinajstić information content (AvgIpc) is 2.84. The fraction of sp³-hybridized carbons (Fsp3) is 0.643. The zero-order valence-electron chi connectivity index (χ0n) is 12.7. The van der Waals surface area contributed by atoms with Gasteiger partial charge in [0.2, 0.25) is 0 Å². The van der Waals surface area contributed by atoms with E-state index in [2.05, 4.69) is 15.6 Å². The van der Waals surface area contributed by atoms with Crippen molar-refractivity contribution in [1.82, 2.24) is 10.6 Å². The molecule has 20 heavy (non-hydrogen) atoms. The van der Waals surface area contributed by atoms with Crippen molar-refractivity contribution < 1.29 is 14.3 Å². The van der Waals surface area contributed by atoms with Crippen molar-refractivity contribution in [1.29, 1.82) is 0 Å². The summed E-state index contributed by atoms with van der Waals surface area (Å²) in [5.74, 6) is 1.94. The maximum Gasteiger partial charge on any atom is 0.191 e. The normalized spacial score (nSPS) is 14.9. The molecule has 1 heterocycles. The minimum absolute atomic E-state index is 0.211. The van der Waals surface area contributed by atoms with Gasteiger partial charge in [-0.15, -0.1) is 0 Å². The molecule has 0 amide bonds. The number of furan rings is 1. The maximum atomic E-state index is 10.4. The Morgan fingerprint density at radius 2 is 2.20 bits per heavy atom. The smallest absolute Gasteiger partial charge is 0.191 e. The maximum absolute atomic E-state index is 10.4. The molecule has 0 aliphatic heterocycles. The van der Waals surface area contributed by atoms with Gasteiger partial charge in [0.1, 0.15) is 17.1 Å². The molecule has 1 unspecified atom stereocenters. The van der Waals surface area contributed by atoms with Crippen LogP contribution >= 0.6 is 0 Å². The lowest BCUT2D eigenvalue weighted by molar-refractivity contribution is 0.0428. The number of hydrogen-bond acceptors (Lipinski definition) is 4. The standard InChI is InChI=1S/C14H25N3O3/c1-5-15-13(16-8-9-19-4)17-10-14(3,18)12-7-6-11(2)20-12/h6-7,18H,5,8-10H2,1-4H3,(H2,15,16,17). The summed E-state index contributed by atoms with van der Waals surface area (Å²) in [5.41, 5.74) is -1.13. The van der Waals surface area contributed by atoms with Crippen molar-refractivity contribution in [3.05, 3.63) is 23.7 Å². The number of nitrogens with zero attached hydrogens (tertiary/aromatic N) is 1. The van der Waals surface area contributed by atoms with Crippen molar-refractivity contribution in [3.8, 4) is 0 Å². The van der Waals surface area contributed by atoms with Crippen LogP contribution in [0.25, 0.3) is 0 Å². The predicted octanol–water partition coefficient (Wildman–Crippen LogP) is 0.997. The molecule has 1 aromatic heterocycles. The Balaban J connectivity index is 2.64. The van der Waals surface area contributed by atoms with E-state index in [4.69, 9.17) is 9.15 Å². The van der Waals surface area contributed by atoms with Crippen molar-refractivity contribution in [2.24, 2.45) is 4.99 Å². The molecule has 1 aromatic rings. The largest absolute Gasteiger partial charge is 0.463 e. The molecule has 0 radical (unpaired) electrons. The Bertz CT molecular complexity index is 427. The van der Waals surface area contributed by atoms with Gasteiger partial charge < -0.3 is 24.9 Å². The van der Waals surface area contributed by atoms with Crippen molar-refractivity contribution in [2.45, 2.75) is 26.4 Å². The van der Waals surface area contributed by atoms with Gasteiger partial charge in [-0.1, -0.05) is 0 Å². The summed E-state index contributed by atoms with van der Waals surface area (Å²) < 4.78 is 10.4. The van der Waals surface area contributed by atoms with Gasteiger partial charge >= 0.3 is 0 Å². The van der Waals surface area contributed by atoms with Crippen molar-refractivity contribution in [2.75, 3.05) is 33.4 Å². The summed E-state index contributed by atoms with van der Waals surface area (Å²) >= 11 is 0. The van der Waals surface area contributed by atoms with Gasteiger partial charge in [-0.3, -0.25) is 0 Å². The summed E-state index contributed by atoms with van der Waals surface area (Å²) in [6.07, 6.45) is 0. The summed E-state index contributed by atoms with van der Waals surface area (Å²) in [7, 11) is 1.65. The van der Waals surface area contributed by atoms with E-state index in [1.165, 1.54) is 0 Å². The summed E-state index contributed by atoms with van der Waals surface area (Å²) in [6, 6.07) is 3.60. The number of aryl methyl sites for hydroxylation is 1. The lowest BCUT2D eigenvalue weighted by Gasteiger charge is -2.19. The lowest BCUT2D eigenvalue weighted by atomic mass is 10.0. The van der Waals surface area contributed by atoms with Crippen LogP contribution in [-0.4, -0.2) is 44.4 Å². The third-order valence-corrected chi connectivity index (χ3v) is 2.76. The number of hydrogen-bond donors (Lipinski definition) is 3. The highest BCUT2D eigenvalue weighted by atomic mass is 16.5. The molecule has 6 nitrogen and oxygen atoms in total. The Morgan fingerprint density at radius 1 is 1.45 bits per heavy atom. The fourth-order valence-corrected chi connectivity index (χ4v) is 1.65. The van der Waals surface area contributed by atoms with E-state index in [1.807, 2.05) is 19.9 Å². The van der Waals surface area contributed by atoms with Crippen molar-refractivity contribution >= 4 is 5.96 Å². The molecule has 0 fully saturated rings. The summed E-state index contributed by atoms with van der Waals surface area (Å²) in [5, 5.41) is 16.6. The van der Waals surface area contributed by atoms with Gasteiger partial charge in [0, 0.05) is 20.2 Å². The first-order valence-electron chi connectivity index (χ1n) is 6.80. The molecule has 1 rings (SSSR count). The number of aliphatic imine (C=N–C) groups is 1. The minimum Gasteiger partial charge on any atom is -0.463 e. The molecular formula is C14H25N3O3. The summed E-state index contributed by atoms with van der Waals surface area (Å²) in [6.45, 7) is 7.74. The van der Waals surface area contributed by atoms with E-state index >= 15 is 0 Å². The fourth-order valence-electron chi connectivity index (χ4n) is 1.65. The highest BCUT2D eigenvalue weighted by Crippen LogP contribution is 2.22. The van der Waals surface area contributed by atoms with E-state index in [0.717, 1.165) is 12.3 Å². The Kier molecular flexibility index (Phi) is 6.54. The second kappa shape index (κ2) is 7.91. The molecule has 0 bridgehead atoms. The third-order valence-electron chi connectivity index (χ3n) is 2.76. The molecule has 0 aliphatic rings. The number of rotatable bonds is 7. The van der Waals surface area contributed by atoms with Crippen molar-refractivity contribution in [3.63, 3.8) is 0 Å². The molecule has 0 aromatic carbocycles. The molecule has 0 saturated heterocycles. The number of nitrogens with one attached hydrogen (secondary N) is 2. The molecule has 114 valence electrons. The third kappa shape index (κ3) is 5.22. The zero-order chi connectivity index (χ0) is 15.0. The van der Waals surface area contributed by atoms with Gasteiger partial charge in [0.05, 0.1) is 13.2 Å². The SMILES string of the molecule is CCNC(=NCC(C)(O)c1ccc(C)o1)NCCOC. The van der Waals surface area contributed by atoms with Crippen LogP contribution in [0.2, 0.25) is 0 Å². The number of ether oxygens (including phenoxy) is 1. The Labute approximate surface area is 120 Å². The number of methoxy groups -OCH3 is 1. The molecule has 0 aliphatic carbocycles. The first kappa shape index (κ1) is 16.5. The first-order valence-corrected chi connectivity index (χ1v) is 6.80. The van der Waals surface area contributed by atoms with Crippen LogP contribution in [0.15, 0.2) is 21.5 Å². The highest BCUT2D eigenvalue weighted by Gasteiger charge is 2.26. The topological polar surface area (TPSA) is 79.0 Å². The number of aliphatic hydroxyl groups is 1. The lowest BCUT2D eigenvalue weighted by Crippen LogP contribution is -2.40. The minimum atomic E-state index is -1.13. The van der Waals surface area contributed by atoms with Crippen LogP contribution in [-0.2, 0) is 10.3 Å². The monoisotopic (exact) mass is 283 g/mol. The van der Waals surface area contributed by atoms with Gasteiger partial charge in [0.15, 0.2) is 5.96 Å². The predicted molar refractivity (Wildman–Crippen MR) is 78.9 cm³/mol. The number of guanidine groups is 1. The average molecular weight is 283 g/mol. The van der Waals surface area contributed by atoms with Crippen LogP contribution in [0.5, 0.6) is 0 Å². The van der Waals surface area contributed by atoms with Gasteiger partial charge in [0.25, 0.3) is 0 Å². The van der Waals surface area contributed by atoms with E-state index in [9.17, 15) is 5.11 Å². The van der Waals surface area contributed by atoms with E-state index in [-0.39, 0.29) is 6.54 Å². The molecule has 6 heteroatoms. The molecular weight excluding hydrogens is 258 g/mol. The highest BCUT2D eigenvalue weighted by molar-refractivity contribution is 5.79. The van der Waals surface area contributed by atoms with Crippen LogP contribution < -0.4 is 10.6 Å². The van der Waals surface area contributed by atoms with E-state index in [1.54, 1.807) is 20.1 Å². The van der Waals surface area contributed by atoms with E-state index < -0.39 is 5.60 Å².